The quantitative estimate of drug-likeness (QED) is 0.0639. The zero-order valence-electron chi connectivity index (χ0n) is 36.8. The third-order valence-corrected chi connectivity index (χ3v) is 10.9. The van der Waals surface area contributed by atoms with Crippen molar-refractivity contribution in [1.82, 2.24) is 16.0 Å². The van der Waals surface area contributed by atoms with Crippen LogP contribution in [0.3, 0.4) is 0 Å². The summed E-state index contributed by atoms with van der Waals surface area (Å²) in [6.45, 7) is 7.68. The van der Waals surface area contributed by atoms with Gasteiger partial charge in [-0.05, 0) is 34.6 Å². The Morgan fingerprint density at radius 2 is 1.11 bits per heavy atom. The van der Waals surface area contributed by atoms with E-state index in [1.165, 1.54) is 13.8 Å². The highest BCUT2D eigenvalue weighted by atomic mass is 16.8. The average Bonchev–Trinajstić information content (AvgIpc) is 3.21. The Kier molecular flexibility index (Phi) is 18.9. The molecule has 0 radical (unpaired) electrons. The molecule has 4 aliphatic heterocycles. The lowest BCUT2D eigenvalue weighted by atomic mass is 9.92. The molecule has 4 aliphatic rings. The largest absolute Gasteiger partial charge is 0.479 e. The fourth-order valence-corrected chi connectivity index (χ4v) is 7.78. The number of methoxy groups -OCH3 is 1. The van der Waals surface area contributed by atoms with Gasteiger partial charge in [0.25, 0.3) is 5.91 Å². The van der Waals surface area contributed by atoms with Crippen molar-refractivity contribution < 1.29 is 118 Å². The van der Waals surface area contributed by atoms with Gasteiger partial charge in [-0.15, -0.1) is 0 Å². The number of carboxylic acid groups (broad SMARTS) is 1. The molecule has 0 spiro atoms. The maximum Gasteiger partial charge on any atom is 0.335 e. The van der Waals surface area contributed by atoms with Gasteiger partial charge in [0, 0.05) is 21.0 Å². The molecular formula is C38H63N3O24. The third kappa shape index (κ3) is 12.8. The van der Waals surface area contributed by atoms with Crippen LogP contribution in [-0.4, -0.2) is 241 Å². The molecule has 22 unspecified atom stereocenters. The summed E-state index contributed by atoms with van der Waals surface area (Å²) in [7, 11) is 1.05. The van der Waals surface area contributed by atoms with Gasteiger partial charge in [-0.3, -0.25) is 14.4 Å². The van der Waals surface area contributed by atoms with E-state index < -0.39 is 183 Å². The van der Waals surface area contributed by atoms with Crippen molar-refractivity contribution in [2.24, 2.45) is 0 Å². The summed E-state index contributed by atoms with van der Waals surface area (Å²) < 4.78 is 50.7. The molecule has 4 saturated heterocycles. The monoisotopic (exact) mass is 945 g/mol. The Hall–Kier alpha value is -3.33. The van der Waals surface area contributed by atoms with Crippen LogP contribution >= 0.6 is 0 Å². The topological polar surface area (TPSA) is 407 Å². The molecule has 0 aromatic rings. The van der Waals surface area contributed by atoms with Crippen molar-refractivity contribution in [3.05, 3.63) is 0 Å². The van der Waals surface area contributed by atoms with Gasteiger partial charge in [0.1, 0.15) is 84.9 Å². The van der Waals surface area contributed by atoms with Crippen LogP contribution in [0, 0.1) is 0 Å². The van der Waals surface area contributed by atoms with Crippen LogP contribution in [-0.2, 0) is 66.6 Å². The summed E-state index contributed by atoms with van der Waals surface area (Å²) in [5.41, 5.74) is -1.04. The van der Waals surface area contributed by atoms with Gasteiger partial charge in [-0.25, -0.2) is 9.59 Å². The van der Waals surface area contributed by atoms with Crippen LogP contribution < -0.4 is 16.0 Å². The Morgan fingerprint density at radius 3 is 1.57 bits per heavy atom. The molecule has 0 bridgehead atoms. The van der Waals surface area contributed by atoms with E-state index in [9.17, 15) is 75.0 Å². The number of rotatable bonds is 16. The van der Waals surface area contributed by atoms with E-state index in [2.05, 4.69) is 16.0 Å². The average molecular weight is 946 g/mol. The summed E-state index contributed by atoms with van der Waals surface area (Å²) in [5.74, 6) is -5.52. The number of carbonyl (C=O) groups excluding carboxylic acids is 4. The van der Waals surface area contributed by atoms with Gasteiger partial charge in [0.05, 0.1) is 31.5 Å². The van der Waals surface area contributed by atoms with Crippen LogP contribution in [0.5, 0.6) is 0 Å². The summed E-state index contributed by atoms with van der Waals surface area (Å²) in [6.07, 6.45) is -35.4. The first-order valence-electron chi connectivity index (χ1n) is 20.7. The SMILES string of the molecule is COC1C(C(=O)NC(C(=O)OC(C)(C)C)C(C)O)OC(OC2C(O)C(CO)OC(OC3C(C(=O)O)OC(OC4C(O)C(CO)OC(C)C4NC(C)=O)C(O)C3O)C2NC(C)=O)C(O)C1O. The van der Waals surface area contributed by atoms with Crippen LogP contribution in [0.2, 0.25) is 0 Å². The van der Waals surface area contributed by atoms with Gasteiger partial charge in [0.2, 0.25) is 11.8 Å². The normalized spacial score (nSPS) is 41.1. The first-order chi connectivity index (χ1) is 30.3. The summed E-state index contributed by atoms with van der Waals surface area (Å²) >= 11 is 0. The van der Waals surface area contributed by atoms with Gasteiger partial charge in [0.15, 0.2) is 37.1 Å². The number of aliphatic hydroxyl groups is 9. The lowest BCUT2D eigenvalue weighted by Gasteiger charge is -2.50. The molecule has 4 heterocycles. The predicted molar refractivity (Wildman–Crippen MR) is 208 cm³/mol. The minimum absolute atomic E-state index is 0.600. The second kappa shape index (κ2) is 22.6. The number of nitrogens with one attached hydrogen (secondary N) is 3. The van der Waals surface area contributed by atoms with Crippen molar-refractivity contribution in [3.8, 4) is 0 Å². The number of amides is 3. The molecule has 22 atom stereocenters. The fourth-order valence-electron chi connectivity index (χ4n) is 7.78. The van der Waals surface area contributed by atoms with Gasteiger partial charge >= 0.3 is 11.9 Å². The highest BCUT2D eigenvalue weighted by Crippen LogP contribution is 2.35. The highest BCUT2D eigenvalue weighted by Gasteiger charge is 2.57. The highest BCUT2D eigenvalue weighted by molar-refractivity contribution is 5.88. The van der Waals surface area contributed by atoms with E-state index in [4.69, 9.17) is 42.6 Å². The summed E-state index contributed by atoms with van der Waals surface area (Å²) in [5, 5.41) is 115. The van der Waals surface area contributed by atoms with Crippen molar-refractivity contribution in [1.29, 1.82) is 0 Å². The lowest BCUT2D eigenvalue weighted by Crippen LogP contribution is -2.71. The van der Waals surface area contributed by atoms with Gasteiger partial charge in [-0.2, -0.15) is 0 Å². The van der Waals surface area contributed by atoms with Gasteiger partial charge in [-0.1, -0.05) is 0 Å². The minimum Gasteiger partial charge on any atom is -0.479 e. The molecule has 4 rings (SSSR count). The van der Waals surface area contributed by atoms with Crippen LogP contribution in [0.4, 0.5) is 0 Å². The molecule has 27 nitrogen and oxygen atoms in total. The van der Waals surface area contributed by atoms with Gasteiger partial charge < -0.3 is 110 Å². The Labute approximate surface area is 372 Å². The van der Waals surface area contributed by atoms with Crippen LogP contribution in [0.25, 0.3) is 0 Å². The first-order valence-corrected chi connectivity index (χ1v) is 20.7. The second-order valence-electron chi connectivity index (χ2n) is 17.1. The number of esters is 1. The molecule has 3 amide bonds. The molecular weight excluding hydrogens is 882 g/mol. The number of carbonyl (C=O) groups is 5. The minimum atomic E-state index is -2.27. The molecule has 4 fully saturated rings. The second-order valence-corrected chi connectivity index (χ2v) is 17.1. The van der Waals surface area contributed by atoms with E-state index in [0.717, 1.165) is 21.0 Å². The van der Waals surface area contributed by atoms with E-state index in [0.29, 0.717) is 0 Å². The summed E-state index contributed by atoms with van der Waals surface area (Å²) in [6, 6.07) is -4.64. The van der Waals surface area contributed by atoms with Crippen LogP contribution in [0.15, 0.2) is 0 Å². The molecule has 0 aliphatic carbocycles. The van der Waals surface area contributed by atoms with Crippen LogP contribution in [0.1, 0.15) is 48.5 Å². The number of carboxylic acids is 1. The molecule has 65 heavy (non-hydrogen) atoms. The number of hydrogen-bond donors (Lipinski definition) is 13. The van der Waals surface area contributed by atoms with E-state index >= 15 is 0 Å². The summed E-state index contributed by atoms with van der Waals surface area (Å²) in [4.78, 5) is 63.9. The zero-order chi connectivity index (χ0) is 49.0. The standard InChI is InChI=1S/C38H63N3O24/c1-11(44)17(34(56)65-38(5,6)7)41-32(53)30-28(57-8)22(49)24(51)36(63-30)61-27-19(40-14(4)46)35(59-16(10-43)21(27)48)62-29-23(50)25(52)37(64-31(29)33(54)55)60-26-18(39-13(3)45)12(2)58-15(9-42)20(26)47/h11-12,15-31,35-37,42-44,47-52H,9-10H2,1-8H3,(H,39,45)(H,40,46)(H,41,53)(H,54,55). The fraction of sp³-hybridized carbons (Fsp3) is 0.868. The maximum absolute atomic E-state index is 13.7. The molecule has 13 N–H and O–H groups in total. The Balaban J connectivity index is 1.63. The molecule has 0 aromatic carbocycles. The third-order valence-electron chi connectivity index (χ3n) is 10.9. The molecule has 0 aromatic heterocycles. The van der Waals surface area contributed by atoms with Crippen molar-refractivity contribution in [2.45, 2.75) is 189 Å². The Morgan fingerprint density at radius 1 is 0.646 bits per heavy atom. The lowest BCUT2D eigenvalue weighted by molar-refractivity contribution is -0.366. The van der Waals surface area contributed by atoms with E-state index in [1.54, 1.807) is 20.8 Å². The molecule has 374 valence electrons. The number of hydrogen-bond acceptors (Lipinski definition) is 23. The number of aliphatic carboxylic acids is 1. The first kappa shape index (κ1) is 54.3. The Bertz CT molecular complexity index is 1640. The predicted octanol–water partition coefficient (Wildman–Crippen LogP) is -7.43. The maximum atomic E-state index is 13.7. The van der Waals surface area contributed by atoms with Crippen molar-refractivity contribution >= 4 is 29.7 Å². The van der Waals surface area contributed by atoms with E-state index in [1.807, 2.05) is 0 Å². The molecule has 27 heteroatoms. The van der Waals surface area contributed by atoms with E-state index in [-0.39, 0.29) is 0 Å². The molecule has 0 saturated carbocycles. The number of aliphatic hydroxyl groups excluding tert-OH is 9. The van der Waals surface area contributed by atoms with Crippen molar-refractivity contribution in [2.75, 3.05) is 20.3 Å². The smallest absolute Gasteiger partial charge is 0.335 e. The zero-order valence-corrected chi connectivity index (χ0v) is 36.8. The number of ether oxygens (including phenoxy) is 9. The van der Waals surface area contributed by atoms with Crippen molar-refractivity contribution in [3.63, 3.8) is 0 Å².